The lowest BCUT2D eigenvalue weighted by Crippen LogP contribution is -2.38. The van der Waals surface area contributed by atoms with Gasteiger partial charge in [0.1, 0.15) is 18.1 Å². The van der Waals surface area contributed by atoms with Crippen molar-refractivity contribution in [3.05, 3.63) is 133 Å². The van der Waals surface area contributed by atoms with E-state index in [1.165, 1.54) is 16.9 Å². The van der Waals surface area contributed by atoms with Crippen LogP contribution in [0, 0.1) is 0 Å². The van der Waals surface area contributed by atoms with Gasteiger partial charge in [0.2, 0.25) is 0 Å². The number of allylic oxidation sites excluding steroid dienone is 1. The lowest BCUT2D eigenvalue weighted by Gasteiger charge is -2.31. The first kappa shape index (κ1) is 23.3. The zero-order chi connectivity index (χ0) is 25.4. The third kappa shape index (κ3) is 4.13. The fourth-order valence-corrected chi connectivity index (χ4v) is 6.16. The number of fused-ring (bicyclic) bond motifs is 3. The van der Waals surface area contributed by atoms with E-state index in [0.29, 0.717) is 15.9 Å². The summed E-state index contributed by atoms with van der Waals surface area (Å²) in [5.74, 6) is 1.53. The van der Waals surface area contributed by atoms with E-state index in [-0.39, 0.29) is 11.6 Å². The summed E-state index contributed by atoms with van der Waals surface area (Å²) in [6.07, 6.45) is 5.40. The number of hydrogen-bond donors (Lipinski definition) is 0. The average Bonchev–Trinajstić information content (AvgIpc) is 3.25. The molecule has 2 heterocycles. The smallest absolute Gasteiger partial charge is 0.271 e. The highest BCUT2D eigenvalue weighted by Gasteiger charge is 2.33. The van der Waals surface area contributed by atoms with Gasteiger partial charge in [-0.2, -0.15) is 0 Å². The summed E-state index contributed by atoms with van der Waals surface area (Å²) in [6, 6.07) is 23.9. The molecule has 3 aromatic carbocycles. The van der Waals surface area contributed by atoms with E-state index in [4.69, 9.17) is 14.5 Å². The van der Waals surface area contributed by atoms with Gasteiger partial charge in [0.05, 0.1) is 23.4 Å². The molecular formula is C31H26N2O3S. The SMILES string of the molecule is C=CCOc1ccc(/C=c2\sc3n(c2=O)[C@@H](c2ccccc2OC)C2=C(N=3)c3ccccc3CC2)cc1. The molecule has 4 aromatic rings. The number of ether oxygens (including phenoxy) is 2. The zero-order valence-corrected chi connectivity index (χ0v) is 21.3. The number of aromatic nitrogens is 1. The van der Waals surface area contributed by atoms with Gasteiger partial charge >= 0.3 is 0 Å². The third-order valence-corrected chi connectivity index (χ3v) is 7.84. The van der Waals surface area contributed by atoms with Gasteiger partial charge in [-0.3, -0.25) is 9.36 Å². The van der Waals surface area contributed by atoms with Crippen molar-refractivity contribution < 1.29 is 9.47 Å². The number of thiazole rings is 1. The maximum atomic E-state index is 13.9. The molecule has 0 fully saturated rings. The highest BCUT2D eigenvalue weighted by atomic mass is 32.1. The van der Waals surface area contributed by atoms with E-state index >= 15 is 0 Å². The molecule has 184 valence electrons. The number of para-hydroxylation sites is 1. The van der Waals surface area contributed by atoms with Crippen molar-refractivity contribution in [1.82, 2.24) is 4.57 Å². The van der Waals surface area contributed by atoms with Crippen LogP contribution in [0.15, 0.2) is 101 Å². The standard InChI is InChI=1S/C31H26N2O3S/c1-3-18-36-22-15-12-20(13-16-22)19-27-30(34)33-29(24-10-6-7-11-26(24)35-2)25-17-14-21-8-4-5-9-23(21)28(25)32-31(33)37-27/h3-13,15-16,19,29H,1,14,17-18H2,2H3/b27-19-/t29-/m0/s1. The molecule has 1 aliphatic heterocycles. The Hall–Kier alpha value is -4.16. The maximum Gasteiger partial charge on any atom is 0.271 e. The van der Waals surface area contributed by atoms with Crippen LogP contribution in [0.25, 0.3) is 11.8 Å². The van der Waals surface area contributed by atoms with Gasteiger partial charge in [-0.15, -0.1) is 0 Å². The van der Waals surface area contributed by atoms with Crippen LogP contribution >= 0.6 is 11.3 Å². The fourth-order valence-electron chi connectivity index (χ4n) is 5.16. The van der Waals surface area contributed by atoms with Crippen LogP contribution in [0.4, 0.5) is 0 Å². The fraction of sp³-hybridized carbons (Fsp3) is 0.161. The van der Waals surface area contributed by atoms with Crippen molar-refractivity contribution in [3.8, 4) is 11.5 Å². The van der Waals surface area contributed by atoms with Crippen LogP contribution in [0.2, 0.25) is 0 Å². The highest BCUT2D eigenvalue weighted by Crippen LogP contribution is 2.43. The normalized spacial score (nSPS) is 16.4. The Bertz CT molecular complexity index is 1710. The predicted molar refractivity (Wildman–Crippen MR) is 148 cm³/mol. The van der Waals surface area contributed by atoms with Gasteiger partial charge in [-0.25, -0.2) is 4.99 Å². The van der Waals surface area contributed by atoms with E-state index in [1.807, 2.05) is 53.1 Å². The van der Waals surface area contributed by atoms with Crippen molar-refractivity contribution >= 4 is 23.1 Å². The Morgan fingerprint density at radius 1 is 1.05 bits per heavy atom. The number of benzene rings is 3. The minimum atomic E-state index is -0.271. The van der Waals surface area contributed by atoms with E-state index < -0.39 is 0 Å². The maximum absolute atomic E-state index is 13.9. The van der Waals surface area contributed by atoms with Crippen molar-refractivity contribution in [3.63, 3.8) is 0 Å². The molecule has 0 saturated carbocycles. The van der Waals surface area contributed by atoms with E-state index in [0.717, 1.165) is 52.3 Å². The third-order valence-electron chi connectivity index (χ3n) is 6.85. The topological polar surface area (TPSA) is 52.8 Å². The molecule has 0 bridgehead atoms. The largest absolute Gasteiger partial charge is 0.496 e. The minimum Gasteiger partial charge on any atom is -0.496 e. The first-order chi connectivity index (χ1) is 18.2. The summed E-state index contributed by atoms with van der Waals surface area (Å²) in [7, 11) is 1.68. The molecule has 1 aromatic heterocycles. The summed E-state index contributed by atoms with van der Waals surface area (Å²) in [5, 5.41) is 0. The molecule has 37 heavy (non-hydrogen) atoms. The highest BCUT2D eigenvalue weighted by molar-refractivity contribution is 7.07. The van der Waals surface area contributed by atoms with E-state index in [9.17, 15) is 4.79 Å². The molecular weight excluding hydrogens is 480 g/mol. The van der Waals surface area contributed by atoms with Crippen molar-refractivity contribution in [2.24, 2.45) is 4.99 Å². The number of rotatable bonds is 6. The van der Waals surface area contributed by atoms with Crippen LogP contribution in [-0.2, 0) is 6.42 Å². The van der Waals surface area contributed by atoms with Gasteiger partial charge in [-0.1, -0.05) is 78.6 Å². The van der Waals surface area contributed by atoms with Gasteiger partial charge in [0.15, 0.2) is 4.80 Å². The molecule has 0 unspecified atom stereocenters. The Morgan fingerprint density at radius 2 is 1.84 bits per heavy atom. The Labute approximate surface area is 219 Å². The second-order valence-corrected chi connectivity index (χ2v) is 10.0. The lowest BCUT2D eigenvalue weighted by atomic mass is 9.83. The number of aryl methyl sites for hydroxylation is 1. The Kier molecular flexibility index (Phi) is 6.10. The second-order valence-electron chi connectivity index (χ2n) is 9.02. The lowest BCUT2D eigenvalue weighted by molar-refractivity contribution is 0.363. The Balaban J connectivity index is 1.55. The molecule has 2 aliphatic rings. The Morgan fingerprint density at radius 3 is 2.65 bits per heavy atom. The van der Waals surface area contributed by atoms with Gasteiger partial charge in [0, 0.05) is 11.1 Å². The van der Waals surface area contributed by atoms with Crippen LogP contribution in [0.5, 0.6) is 11.5 Å². The van der Waals surface area contributed by atoms with E-state index in [1.54, 1.807) is 13.2 Å². The first-order valence-corrected chi connectivity index (χ1v) is 13.1. The van der Waals surface area contributed by atoms with Crippen molar-refractivity contribution in [1.29, 1.82) is 0 Å². The number of methoxy groups -OCH3 is 1. The monoisotopic (exact) mass is 506 g/mol. The van der Waals surface area contributed by atoms with Crippen LogP contribution in [-0.4, -0.2) is 18.3 Å². The summed E-state index contributed by atoms with van der Waals surface area (Å²) in [4.78, 5) is 19.7. The summed E-state index contributed by atoms with van der Waals surface area (Å²) >= 11 is 1.43. The van der Waals surface area contributed by atoms with Gasteiger partial charge < -0.3 is 9.47 Å². The molecule has 6 rings (SSSR count). The molecule has 6 heteroatoms. The first-order valence-electron chi connectivity index (χ1n) is 12.3. The molecule has 0 spiro atoms. The molecule has 0 radical (unpaired) electrons. The summed E-state index contributed by atoms with van der Waals surface area (Å²) in [5.41, 5.74) is 6.44. The summed E-state index contributed by atoms with van der Waals surface area (Å²) < 4.78 is 13.8. The quantitative estimate of drug-likeness (QED) is 0.350. The van der Waals surface area contributed by atoms with Crippen LogP contribution in [0.3, 0.4) is 0 Å². The average molecular weight is 507 g/mol. The predicted octanol–water partition coefficient (Wildman–Crippen LogP) is 4.89. The number of hydrogen-bond acceptors (Lipinski definition) is 5. The minimum absolute atomic E-state index is 0.0444. The van der Waals surface area contributed by atoms with Crippen molar-refractivity contribution in [2.45, 2.75) is 18.9 Å². The zero-order valence-electron chi connectivity index (χ0n) is 20.5. The van der Waals surface area contributed by atoms with Gasteiger partial charge in [-0.05, 0) is 53.8 Å². The van der Waals surface area contributed by atoms with E-state index in [2.05, 4.69) is 36.9 Å². The number of nitrogens with zero attached hydrogens (tertiary/aromatic N) is 2. The van der Waals surface area contributed by atoms with Gasteiger partial charge in [0.25, 0.3) is 5.56 Å². The second kappa shape index (κ2) is 9.71. The molecule has 1 aliphatic carbocycles. The molecule has 5 nitrogen and oxygen atoms in total. The summed E-state index contributed by atoms with van der Waals surface area (Å²) in [6.45, 7) is 4.13. The molecule has 0 saturated heterocycles. The van der Waals surface area contributed by atoms with Crippen LogP contribution in [0.1, 0.15) is 34.7 Å². The molecule has 1 atom stereocenters. The van der Waals surface area contributed by atoms with Crippen LogP contribution < -0.4 is 24.4 Å². The molecule has 0 amide bonds. The molecule has 0 N–H and O–H groups in total. The van der Waals surface area contributed by atoms with Crippen molar-refractivity contribution in [2.75, 3.05) is 13.7 Å².